The zero-order valence-corrected chi connectivity index (χ0v) is 22.7. The molecule has 3 amide bonds. The Morgan fingerprint density at radius 3 is 2.47 bits per heavy atom. The normalized spacial score (nSPS) is 14.9. The zero-order chi connectivity index (χ0) is 26.0. The van der Waals surface area contributed by atoms with Crippen molar-refractivity contribution in [2.45, 2.75) is 40.3 Å². The Bertz CT molecular complexity index is 1380. The minimum absolute atomic E-state index is 0.0382. The quantitative estimate of drug-likeness (QED) is 0.299. The molecule has 36 heavy (non-hydrogen) atoms. The molecule has 0 saturated carbocycles. The number of nitrogens with zero attached hydrogens (tertiary/aromatic N) is 3. The highest BCUT2D eigenvalue weighted by Crippen LogP contribution is 2.36. The number of amides is 3. The van der Waals surface area contributed by atoms with E-state index in [-0.39, 0.29) is 30.1 Å². The van der Waals surface area contributed by atoms with Gasteiger partial charge in [0.1, 0.15) is 6.54 Å². The number of carbonyl (C=O) groups excluding carboxylic acids is 3. The van der Waals surface area contributed by atoms with E-state index in [2.05, 4.69) is 13.0 Å². The molecule has 9 heteroatoms. The van der Waals surface area contributed by atoms with Crippen molar-refractivity contribution >= 4 is 69.0 Å². The van der Waals surface area contributed by atoms with Crippen LogP contribution in [-0.4, -0.2) is 44.5 Å². The number of carbonyl (C=O) groups is 3. The molecule has 0 atom stereocenters. The van der Waals surface area contributed by atoms with Crippen LogP contribution in [0.2, 0.25) is 10.0 Å². The molecule has 1 aliphatic heterocycles. The van der Waals surface area contributed by atoms with Gasteiger partial charge in [-0.25, -0.2) is 0 Å². The first-order valence-electron chi connectivity index (χ1n) is 11.8. The molecule has 0 aliphatic carbocycles. The lowest BCUT2D eigenvalue weighted by Gasteiger charge is -2.19. The van der Waals surface area contributed by atoms with Crippen LogP contribution in [0, 0.1) is 0 Å². The van der Waals surface area contributed by atoms with Crippen LogP contribution in [0.25, 0.3) is 17.0 Å². The first kappa shape index (κ1) is 26.3. The van der Waals surface area contributed by atoms with E-state index in [1.807, 2.05) is 36.7 Å². The number of thioether (sulfide) groups is 1. The highest BCUT2D eigenvalue weighted by molar-refractivity contribution is 8.18. The van der Waals surface area contributed by atoms with Gasteiger partial charge < -0.3 is 9.47 Å². The lowest BCUT2D eigenvalue weighted by atomic mass is 10.1. The van der Waals surface area contributed by atoms with Gasteiger partial charge in [-0.15, -0.1) is 0 Å². The third-order valence-corrected chi connectivity index (χ3v) is 7.95. The van der Waals surface area contributed by atoms with E-state index in [0.717, 1.165) is 40.2 Å². The lowest BCUT2D eigenvalue weighted by Crippen LogP contribution is -2.33. The fourth-order valence-electron chi connectivity index (χ4n) is 4.41. The molecular weight excluding hydrogens is 517 g/mol. The van der Waals surface area contributed by atoms with Gasteiger partial charge >= 0.3 is 0 Å². The summed E-state index contributed by atoms with van der Waals surface area (Å²) in [4.78, 5) is 42.1. The molecular formula is C27H27Cl2N3O3S. The van der Waals surface area contributed by atoms with Crippen molar-refractivity contribution in [3.8, 4) is 0 Å². The van der Waals surface area contributed by atoms with Gasteiger partial charge in [0.05, 0.1) is 27.0 Å². The van der Waals surface area contributed by atoms with Crippen LogP contribution in [0.15, 0.2) is 47.5 Å². The molecule has 1 fully saturated rings. The Morgan fingerprint density at radius 1 is 1.06 bits per heavy atom. The molecule has 0 bridgehead atoms. The average molecular weight is 545 g/mol. The predicted molar refractivity (Wildman–Crippen MR) is 147 cm³/mol. The zero-order valence-electron chi connectivity index (χ0n) is 20.4. The summed E-state index contributed by atoms with van der Waals surface area (Å²) in [5, 5.41) is 1.39. The Labute approximate surface area is 224 Å². The number of hydrogen-bond acceptors (Lipinski definition) is 4. The number of aryl methyl sites for hydroxylation is 1. The third-order valence-electron chi connectivity index (χ3n) is 6.30. The summed E-state index contributed by atoms with van der Waals surface area (Å²) in [6, 6.07) is 11.1. The molecule has 188 valence electrons. The SMILES string of the molecule is CCc1cccc2c(/C=C3\SC(=O)N(Cc4ccc(Cl)c(Cl)c4)C3=O)cn(CC(=O)N(CC)CC)c12. The number of para-hydroxylation sites is 1. The van der Waals surface area contributed by atoms with Gasteiger partial charge in [-0.3, -0.25) is 19.3 Å². The second-order valence-electron chi connectivity index (χ2n) is 8.46. The number of aromatic nitrogens is 1. The molecule has 0 N–H and O–H groups in total. The van der Waals surface area contributed by atoms with E-state index in [9.17, 15) is 14.4 Å². The standard InChI is InChI=1S/C27H27Cl2N3O3S/c1-4-18-8-7-9-20-19(15-31(25(18)20)16-24(33)30(5-2)6-3)13-23-26(34)32(27(35)36-23)14-17-10-11-21(28)22(29)12-17/h7-13,15H,4-6,14,16H2,1-3H3/b23-13-. The molecule has 0 spiro atoms. The molecule has 2 aromatic carbocycles. The van der Waals surface area contributed by atoms with E-state index >= 15 is 0 Å². The smallest absolute Gasteiger partial charge is 0.293 e. The van der Waals surface area contributed by atoms with Gasteiger partial charge in [-0.2, -0.15) is 0 Å². The molecule has 1 aliphatic rings. The molecule has 2 heterocycles. The van der Waals surface area contributed by atoms with Crippen molar-refractivity contribution < 1.29 is 14.4 Å². The maximum Gasteiger partial charge on any atom is 0.293 e. The predicted octanol–water partition coefficient (Wildman–Crippen LogP) is 6.62. The first-order chi connectivity index (χ1) is 17.3. The average Bonchev–Trinajstić information content (AvgIpc) is 3.34. The van der Waals surface area contributed by atoms with Crippen LogP contribution in [-0.2, 0) is 29.1 Å². The van der Waals surface area contributed by atoms with Crippen LogP contribution in [0.3, 0.4) is 0 Å². The van der Waals surface area contributed by atoms with Gasteiger partial charge in [0, 0.05) is 30.2 Å². The van der Waals surface area contributed by atoms with E-state index in [1.165, 1.54) is 4.90 Å². The highest BCUT2D eigenvalue weighted by atomic mass is 35.5. The third kappa shape index (κ3) is 5.19. The number of hydrogen-bond donors (Lipinski definition) is 0. The number of imide groups is 1. The van der Waals surface area contributed by atoms with Gasteiger partial charge in [-0.1, -0.05) is 54.4 Å². The van der Waals surface area contributed by atoms with Crippen molar-refractivity contribution in [1.29, 1.82) is 0 Å². The molecule has 6 nitrogen and oxygen atoms in total. The van der Waals surface area contributed by atoms with Gasteiger partial charge in [0.25, 0.3) is 11.1 Å². The summed E-state index contributed by atoms with van der Waals surface area (Å²) in [5.74, 6) is -0.320. The minimum atomic E-state index is -0.358. The molecule has 1 aromatic heterocycles. The highest BCUT2D eigenvalue weighted by Gasteiger charge is 2.35. The van der Waals surface area contributed by atoms with Gasteiger partial charge in [-0.05, 0) is 61.4 Å². The van der Waals surface area contributed by atoms with Crippen molar-refractivity contribution in [3.63, 3.8) is 0 Å². The Morgan fingerprint density at radius 2 is 1.81 bits per heavy atom. The van der Waals surface area contributed by atoms with Crippen LogP contribution in [0.4, 0.5) is 4.79 Å². The summed E-state index contributed by atoms with van der Waals surface area (Å²) >= 11 is 13.0. The van der Waals surface area contributed by atoms with Crippen LogP contribution < -0.4 is 0 Å². The summed E-state index contributed by atoms with van der Waals surface area (Å²) in [6.45, 7) is 7.62. The largest absolute Gasteiger partial charge is 0.342 e. The van der Waals surface area contributed by atoms with E-state index in [1.54, 1.807) is 29.2 Å². The maximum atomic E-state index is 13.2. The lowest BCUT2D eigenvalue weighted by molar-refractivity contribution is -0.131. The number of fused-ring (bicyclic) bond motifs is 1. The first-order valence-corrected chi connectivity index (χ1v) is 13.4. The van der Waals surface area contributed by atoms with E-state index in [0.29, 0.717) is 33.6 Å². The number of benzene rings is 2. The number of likely N-dealkylation sites (N-methyl/N-ethyl adjacent to an activating group) is 1. The second kappa shape index (κ2) is 11.1. The summed E-state index contributed by atoms with van der Waals surface area (Å²) in [7, 11) is 0. The van der Waals surface area contributed by atoms with E-state index < -0.39 is 0 Å². The fraction of sp³-hybridized carbons (Fsp3) is 0.296. The second-order valence-corrected chi connectivity index (χ2v) is 10.3. The fourth-order valence-corrected chi connectivity index (χ4v) is 5.56. The Balaban J connectivity index is 1.68. The summed E-state index contributed by atoms with van der Waals surface area (Å²) in [6.07, 6.45) is 4.46. The maximum absolute atomic E-state index is 13.2. The Kier molecular flexibility index (Phi) is 8.13. The Hall–Kier alpha value is -2.74. The molecule has 0 radical (unpaired) electrons. The summed E-state index contributed by atoms with van der Waals surface area (Å²) in [5.41, 5.74) is 3.61. The van der Waals surface area contributed by atoms with Gasteiger partial charge in [0.2, 0.25) is 5.91 Å². The molecule has 3 aromatic rings. The number of halogens is 2. The molecule has 4 rings (SSSR count). The minimum Gasteiger partial charge on any atom is -0.342 e. The number of rotatable bonds is 8. The van der Waals surface area contributed by atoms with Crippen molar-refractivity contribution in [2.75, 3.05) is 13.1 Å². The van der Waals surface area contributed by atoms with Crippen LogP contribution in [0.1, 0.15) is 37.5 Å². The van der Waals surface area contributed by atoms with Crippen molar-refractivity contribution in [2.24, 2.45) is 0 Å². The summed E-state index contributed by atoms with van der Waals surface area (Å²) < 4.78 is 1.96. The topological polar surface area (TPSA) is 62.6 Å². The monoisotopic (exact) mass is 543 g/mol. The van der Waals surface area contributed by atoms with Crippen molar-refractivity contribution in [3.05, 3.63) is 74.2 Å². The van der Waals surface area contributed by atoms with Gasteiger partial charge in [0.15, 0.2) is 0 Å². The molecule has 1 saturated heterocycles. The van der Waals surface area contributed by atoms with Crippen molar-refractivity contribution in [1.82, 2.24) is 14.4 Å². The molecule has 0 unspecified atom stereocenters. The van der Waals surface area contributed by atoms with Crippen LogP contribution >= 0.6 is 35.0 Å². The van der Waals surface area contributed by atoms with Crippen LogP contribution in [0.5, 0.6) is 0 Å². The van der Waals surface area contributed by atoms with E-state index in [4.69, 9.17) is 23.2 Å².